The SMILES string of the molecule is C=C(CC(C)C)Nc1cncc(-c2ccc3[nH]nc(-c4nc5c(-c6ccccn6)nccc5[nH]4)c3c2)c1. The highest BCUT2D eigenvalue weighted by Gasteiger charge is 2.17. The Balaban J connectivity index is 1.38. The number of rotatable bonds is 7. The molecule has 182 valence electrons. The summed E-state index contributed by atoms with van der Waals surface area (Å²) < 4.78 is 0. The highest BCUT2D eigenvalue weighted by molar-refractivity contribution is 5.97. The molecule has 8 nitrogen and oxygen atoms in total. The molecule has 1 aromatic carbocycles. The highest BCUT2D eigenvalue weighted by Crippen LogP contribution is 2.32. The van der Waals surface area contributed by atoms with E-state index in [0.717, 1.165) is 68.0 Å². The third kappa shape index (κ3) is 4.45. The Morgan fingerprint density at radius 1 is 0.946 bits per heavy atom. The zero-order valence-electron chi connectivity index (χ0n) is 20.7. The zero-order valence-corrected chi connectivity index (χ0v) is 20.7. The van der Waals surface area contributed by atoms with Crippen molar-refractivity contribution in [3.63, 3.8) is 0 Å². The van der Waals surface area contributed by atoms with Gasteiger partial charge in [-0.15, -0.1) is 0 Å². The molecule has 5 heterocycles. The van der Waals surface area contributed by atoms with Gasteiger partial charge in [-0.05, 0) is 54.3 Å². The van der Waals surface area contributed by atoms with E-state index in [0.29, 0.717) is 11.7 Å². The summed E-state index contributed by atoms with van der Waals surface area (Å²) >= 11 is 0. The van der Waals surface area contributed by atoms with Crippen molar-refractivity contribution in [1.82, 2.24) is 35.1 Å². The largest absolute Gasteiger partial charge is 0.358 e. The van der Waals surface area contributed by atoms with Crippen LogP contribution in [0.1, 0.15) is 20.3 Å². The van der Waals surface area contributed by atoms with Gasteiger partial charge in [-0.1, -0.05) is 32.6 Å². The second-order valence-corrected chi connectivity index (χ2v) is 9.48. The van der Waals surface area contributed by atoms with Gasteiger partial charge in [0.05, 0.1) is 28.6 Å². The van der Waals surface area contributed by atoms with E-state index in [4.69, 9.17) is 4.98 Å². The van der Waals surface area contributed by atoms with Gasteiger partial charge in [-0.3, -0.25) is 20.1 Å². The topological polar surface area (TPSA) is 108 Å². The standard InChI is InChI=1S/C29H26N8/c1-17(2)12-18(3)33-21-13-20(15-30-16-21)19-7-8-23-22(14-19)26(37-36-23)29-34-25-9-11-32-27(28(25)35-29)24-6-4-5-10-31-24/h4-11,13-17,33H,3,12H2,1-2H3,(H,34,35)(H,36,37). The number of fused-ring (bicyclic) bond motifs is 2. The lowest BCUT2D eigenvalue weighted by atomic mass is 10.0. The monoisotopic (exact) mass is 486 g/mol. The fourth-order valence-corrected chi connectivity index (χ4v) is 4.53. The van der Waals surface area contributed by atoms with Crippen LogP contribution in [0.4, 0.5) is 5.69 Å². The predicted octanol–water partition coefficient (Wildman–Crippen LogP) is 6.60. The molecule has 0 fully saturated rings. The minimum absolute atomic E-state index is 0.534. The van der Waals surface area contributed by atoms with Gasteiger partial charge in [0.2, 0.25) is 0 Å². The molecule has 3 N–H and O–H groups in total. The molecule has 37 heavy (non-hydrogen) atoms. The third-order valence-electron chi connectivity index (χ3n) is 6.14. The Kier molecular flexibility index (Phi) is 5.69. The minimum Gasteiger partial charge on any atom is -0.358 e. The van der Waals surface area contributed by atoms with Crippen molar-refractivity contribution < 1.29 is 0 Å². The van der Waals surface area contributed by atoms with Crippen molar-refractivity contribution in [2.45, 2.75) is 20.3 Å². The second-order valence-electron chi connectivity index (χ2n) is 9.48. The van der Waals surface area contributed by atoms with Gasteiger partial charge in [0.15, 0.2) is 5.82 Å². The molecule has 5 aromatic heterocycles. The van der Waals surface area contributed by atoms with E-state index in [1.165, 1.54) is 0 Å². The van der Waals surface area contributed by atoms with Crippen LogP contribution in [0.15, 0.2) is 85.6 Å². The van der Waals surface area contributed by atoms with Crippen LogP contribution in [-0.4, -0.2) is 35.1 Å². The quantitative estimate of drug-likeness (QED) is 0.235. The molecule has 0 atom stereocenters. The van der Waals surface area contributed by atoms with E-state index in [9.17, 15) is 0 Å². The Bertz CT molecular complexity index is 1730. The lowest BCUT2D eigenvalue weighted by molar-refractivity contribution is 0.645. The van der Waals surface area contributed by atoms with Crippen molar-refractivity contribution in [3.05, 3.63) is 85.6 Å². The summed E-state index contributed by atoms with van der Waals surface area (Å²) in [6, 6.07) is 16.0. The summed E-state index contributed by atoms with van der Waals surface area (Å²) in [6.07, 6.45) is 8.11. The number of imidazole rings is 1. The zero-order chi connectivity index (χ0) is 25.4. The molecular weight excluding hydrogens is 460 g/mol. The smallest absolute Gasteiger partial charge is 0.159 e. The molecule has 6 aromatic rings. The molecule has 0 aliphatic heterocycles. The molecule has 0 amide bonds. The Morgan fingerprint density at radius 2 is 1.86 bits per heavy atom. The van der Waals surface area contributed by atoms with Crippen LogP contribution in [0.3, 0.4) is 0 Å². The number of allylic oxidation sites excluding steroid dienone is 1. The predicted molar refractivity (Wildman–Crippen MR) is 148 cm³/mol. The Morgan fingerprint density at radius 3 is 2.70 bits per heavy atom. The third-order valence-corrected chi connectivity index (χ3v) is 6.14. The van der Waals surface area contributed by atoms with Crippen molar-refractivity contribution in [2.75, 3.05) is 5.32 Å². The van der Waals surface area contributed by atoms with Gasteiger partial charge in [-0.25, -0.2) is 4.98 Å². The number of nitrogens with one attached hydrogen (secondary N) is 3. The summed E-state index contributed by atoms with van der Waals surface area (Å²) in [5, 5.41) is 12.1. The summed E-state index contributed by atoms with van der Waals surface area (Å²) in [6.45, 7) is 8.50. The first-order valence-corrected chi connectivity index (χ1v) is 12.2. The van der Waals surface area contributed by atoms with E-state index in [-0.39, 0.29) is 0 Å². The number of aromatic amines is 2. The van der Waals surface area contributed by atoms with Gasteiger partial charge < -0.3 is 10.3 Å². The molecule has 6 rings (SSSR count). The molecule has 0 aliphatic rings. The van der Waals surface area contributed by atoms with Gasteiger partial charge in [0.25, 0.3) is 0 Å². The summed E-state index contributed by atoms with van der Waals surface area (Å²) in [4.78, 5) is 21.7. The number of pyridine rings is 3. The van der Waals surface area contributed by atoms with Crippen LogP contribution >= 0.6 is 0 Å². The summed E-state index contributed by atoms with van der Waals surface area (Å²) in [7, 11) is 0. The molecular formula is C29H26N8. The molecule has 0 saturated carbocycles. The summed E-state index contributed by atoms with van der Waals surface area (Å²) in [5.74, 6) is 1.20. The number of nitrogens with zero attached hydrogens (tertiary/aromatic N) is 5. The highest BCUT2D eigenvalue weighted by atomic mass is 15.1. The molecule has 0 saturated heterocycles. The molecule has 8 heteroatoms. The van der Waals surface area contributed by atoms with E-state index in [2.05, 4.69) is 74.1 Å². The average Bonchev–Trinajstić information content (AvgIpc) is 3.52. The first-order chi connectivity index (χ1) is 18.0. The molecule has 0 spiro atoms. The number of hydrogen-bond donors (Lipinski definition) is 3. The van der Waals surface area contributed by atoms with E-state index in [1.807, 2.05) is 42.7 Å². The van der Waals surface area contributed by atoms with Crippen molar-refractivity contribution in [1.29, 1.82) is 0 Å². The van der Waals surface area contributed by atoms with Crippen LogP contribution in [0, 0.1) is 5.92 Å². The van der Waals surface area contributed by atoms with Gasteiger partial charge in [0.1, 0.15) is 16.9 Å². The van der Waals surface area contributed by atoms with Gasteiger partial charge in [0, 0.05) is 35.2 Å². The fraction of sp³-hybridized carbons (Fsp3) is 0.138. The lowest BCUT2D eigenvalue weighted by Gasteiger charge is -2.12. The normalized spacial score (nSPS) is 11.4. The summed E-state index contributed by atoms with van der Waals surface area (Å²) in [5.41, 5.74) is 8.75. The minimum atomic E-state index is 0.534. The lowest BCUT2D eigenvalue weighted by Crippen LogP contribution is -2.02. The van der Waals surface area contributed by atoms with E-state index in [1.54, 1.807) is 12.4 Å². The number of benzene rings is 1. The van der Waals surface area contributed by atoms with Crippen LogP contribution in [0.5, 0.6) is 0 Å². The maximum Gasteiger partial charge on any atom is 0.159 e. The average molecular weight is 487 g/mol. The maximum absolute atomic E-state index is 4.88. The van der Waals surface area contributed by atoms with Crippen LogP contribution in [0.2, 0.25) is 0 Å². The number of aromatic nitrogens is 7. The van der Waals surface area contributed by atoms with E-state index >= 15 is 0 Å². The van der Waals surface area contributed by atoms with Crippen LogP contribution in [-0.2, 0) is 0 Å². The molecule has 0 aliphatic carbocycles. The van der Waals surface area contributed by atoms with E-state index < -0.39 is 0 Å². The molecule has 0 unspecified atom stereocenters. The Hall–Kier alpha value is -4.85. The number of H-pyrrole nitrogens is 2. The van der Waals surface area contributed by atoms with Crippen LogP contribution < -0.4 is 5.32 Å². The van der Waals surface area contributed by atoms with Gasteiger partial charge >= 0.3 is 0 Å². The first kappa shape index (κ1) is 22.6. The Labute approximate surface area is 214 Å². The second kappa shape index (κ2) is 9.31. The molecule has 0 radical (unpaired) electrons. The number of hydrogen-bond acceptors (Lipinski definition) is 6. The van der Waals surface area contributed by atoms with Gasteiger partial charge in [-0.2, -0.15) is 5.10 Å². The fourth-order valence-electron chi connectivity index (χ4n) is 4.53. The van der Waals surface area contributed by atoms with Crippen LogP contribution in [0.25, 0.3) is 56.0 Å². The number of anilines is 1. The van der Waals surface area contributed by atoms with Crippen molar-refractivity contribution in [2.24, 2.45) is 5.92 Å². The molecule has 0 bridgehead atoms. The first-order valence-electron chi connectivity index (χ1n) is 12.2. The van der Waals surface area contributed by atoms with Crippen molar-refractivity contribution >= 4 is 27.6 Å². The maximum atomic E-state index is 4.88. The van der Waals surface area contributed by atoms with Crippen molar-refractivity contribution in [3.8, 4) is 34.0 Å².